The van der Waals surface area contributed by atoms with Crippen LogP contribution in [-0.4, -0.2) is 10.2 Å². The van der Waals surface area contributed by atoms with Gasteiger partial charge in [-0.15, -0.1) is 10.2 Å². The summed E-state index contributed by atoms with van der Waals surface area (Å²) < 4.78 is 37.0. The van der Waals surface area contributed by atoms with Gasteiger partial charge in [0.1, 0.15) is 23.5 Å². The first-order chi connectivity index (χ1) is 11.2. The van der Waals surface area contributed by atoms with Crippen molar-refractivity contribution in [1.82, 2.24) is 10.2 Å². The van der Waals surface area contributed by atoms with E-state index >= 15 is 0 Å². The van der Waals surface area contributed by atoms with Gasteiger partial charge in [-0.1, -0.05) is 0 Å². The monoisotopic (exact) mass is 313 g/mol. The van der Waals surface area contributed by atoms with Crippen LogP contribution in [0.2, 0.25) is 0 Å². The Morgan fingerprint density at radius 2 is 1.87 bits per heavy atom. The summed E-state index contributed by atoms with van der Waals surface area (Å²) in [5, 5.41) is 16.3. The molecular formula is C16H9F2N3O2. The second kappa shape index (κ2) is 6.23. The Morgan fingerprint density at radius 1 is 1.09 bits per heavy atom. The molecular weight excluding hydrogens is 304 g/mol. The molecule has 0 aliphatic carbocycles. The second-order valence-corrected chi connectivity index (χ2v) is 4.55. The van der Waals surface area contributed by atoms with Crippen molar-refractivity contribution < 1.29 is 17.9 Å². The van der Waals surface area contributed by atoms with Gasteiger partial charge < -0.3 is 9.15 Å². The minimum absolute atomic E-state index is 0.0560. The molecule has 7 heteroatoms. The molecule has 0 fully saturated rings. The molecule has 1 heterocycles. The zero-order valence-corrected chi connectivity index (χ0v) is 11.7. The summed E-state index contributed by atoms with van der Waals surface area (Å²) in [5.74, 6) is -0.367. The van der Waals surface area contributed by atoms with Gasteiger partial charge in [-0.25, -0.2) is 8.78 Å². The molecule has 2 aromatic carbocycles. The van der Waals surface area contributed by atoms with Crippen LogP contribution in [0.1, 0.15) is 11.5 Å². The number of nitrogens with zero attached hydrogens (tertiary/aromatic N) is 3. The number of aromatic nitrogens is 2. The molecule has 0 unspecified atom stereocenters. The highest BCUT2D eigenvalue weighted by Gasteiger charge is 2.10. The largest absolute Gasteiger partial charge is 0.484 e. The summed E-state index contributed by atoms with van der Waals surface area (Å²) in [6.07, 6.45) is 0. The number of halogens is 2. The van der Waals surface area contributed by atoms with Gasteiger partial charge >= 0.3 is 0 Å². The number of benzene rings is 2. The molecule has 23 heavy (non-hydrogen) atoms. The van der Waals surface area contributed by atoms with E-state index in [1.54, 1.807) is 6.07 Å². The van der Waals surface area contributed by atoms with E-state index in [9.17, 15) is 8.78 Å². The minimum atomic E-state index is -0.664. The van der Waals surface area contributed by atoms with Gasteiger partial charge in [-0.05, 0) is 36.4 Å². The lowest BCUT2D eigenvalue weighted by Gasteiger charge is -2.03. The Kier molecular flexibility index (Phi) is 3.97. The molecule has 1 aromatic heterocycles. The number of rotatable bonds is 4. The van der Waals surface area contributed by atoms with Gasteiger partial charge in [0.05, 0.1) is 5.56 Å². The lowest BCUT2D eigenvalue weighted by Crippen LogP contribution is -1.96. The molecule has 0 aliphatic heterocycles. The molecule has 3 aromatic rings. The smallest absolute Gasteiger partial charge is 0.254 e. The average Bonchev–Trinajstić information content (AvgIpc) is 3.03. The lowest BCUT2D eigenvalue weighted by atomic mass is 10.2. The van der Waals surface area contributed by atoms with Crippen LogP contribution in [0.3, 0.4) is 0 Å². The zero-order chi connectivity index (χ0) is 16.2. The van der Waals surface area contributed by atoms with Gasteiger partial charge in [-0.3, -0.25) is 0 Å². The van der Waals surface area contributed by atoms with Crippen LogP contribution in [-0.2, 0) is 6.61 Å². The molecule has 3 rings (SSSR count). The highest BCUT2D eigenvalue weighted by atomic mass is 19.1. The van der Waals surface area contributed by atoms with E-state index in [2.05, 4.69) is 10.2 Å². The molecule has 0 saturated carbocycles. The zero-order valence-electron chi connectivity index (χ0n) is 11.7. The van der Waals surface area contributed by atoms with Crippen molar-refractivity contribution in [3.05, 3.63) is 65.6 Å². The summed E-state index contributed by atoms with van der Waals surface area (Å²) in [6.45, 7) is -0.0560. The number of hydrogen-bond acceptors (Lipinski definition) is 5. The highest BCUT2D eigenvalue weighted by molar-refractivity contribution is 5.51. The standard InChI is InChI=1S/C16H9F2N3O2/c17-12-4-1-10(2-5-12)16-21-20-15(23-16)9-22-13-6-3-11(8-19)14(18)7-13/h1-7H,9H2. The Hall–Kier alpha value is -3.27. The van der Waals surface area contributed by atoms with E-state index < -0.39 is 5.82 Å². The third-order valence-electron chi connectivity index (χ3n) is 2.98. The third-order valence-corrected chi connectivity index (χ3v) is 2.98. The normalized spacial score (nSPS) is 10.3. The van der Waals surface area contributed by atoms with Crippen molar-refractivity contribution in [2.45, 2.75) is 6.61 Å². The van der Waals surface area contributed by atoms with Crippen molar-refractivity contribution in [3.63, 3.8) is 0 Å². The summed E-state index contributed by atoms with van der Waals surface area (Å²) in [6, 6.07) is 11.2. The fraction of sp³-hybridized carbons (Fsp3) is 0.0625. The van der Waals surface area contributed by atoms with Crippen LogP contribution in [0.4, 0.5) is 8.78 Å². The van der Waals surface area contributed by atoms with Gasteiger partial charge in [0.25, 0.3) is 5.89 Å². The number of hydrogen-bond donors (Lipinski definition) is 0. The molecule has 0 spiro atoms. The predicted molar refractivity (Wildman–Crippen MR) is 75.1 cm³/mol. The number of ether oxygens (including phenoxy) is 1. The van der Waals surface area contributed by atoms with E-state index in [1.807, 2.05) is 0 Å². The van der Waals surface area contributed by atoms with E-state index in [1.165, 1.54) is 36.4 Å². The first kappa shape index (κ1) is 14.7. The van der Waals surface area contributed by atoms with Crippen LogP contribution in [0.25, 0.3) is 11.5 Å². The van der Waals surface area contributed by atoms with E-state index in [-0.39, 0.29) is 35.5 Å². The fourth-order valence-corrected chi connectivity index (χ4v) is 1.84. The van der Waals surface area contributed by atoms with Crippen LogP contribution < -0.4 is 4.74 Å². The van der Waals surface area contributed by atoms with Crippen LogP contribution in [0.5, 0.6) is 5.75 Å². The molecule has 114 valence electrons. The molecule has 0 saturated heterocycles. The molecule has 0 atom stereocenters. The summed E-state index contributed by atoms with van der Waals surface area (Å²) in [5.41, 5.74) is 0.517. The SMILES string of the molecule is N#Cc1ccc(OCc2nnc(-c3ccc(F)cc3)o2)cc1F. The first-order valence-corrected chi connectivity index (χ1v) is 6.56. The van der Waals surface area contributed by atoms with Gasteiger partial charge in [0, 0.05) is 11.6 Å². The first-order valence-electron chi connectivity index (χ1n) is 6.56. The Bertz CT molecular complexity index is 870. The second-order valence-electron chi connectivity index (χ2n) is 4.55. The van der Waals surface area contributed by atoms with E-state index in [4.69, 9.17) is 14.4 Å². The maximum absolute atomic E-state index is 13.4. The van der Waals surface area contributed by atoms with Crippen LogP contribution in [0, 0.1) is 23.0 Å². The Morgan fingerprint density at radius 3 is 2.57 bits per heavy atom. The molecule has 0 amide bonds. The Labute approximate surface area is 129 Å². The van der Waals surface area contributed by atoms with E-state index in [0.717, 1.165) is 6.07 Å². The van der Waals surface area contributed by atoms with Gasteiger partial charge in [0.2, 0.25) is 5.89 Å². The molecule has 0 N–H and O–H groups in total. The van der Waals surface area contributed by atoms with Gasteiger partial charge in [-0.2, -0.15) is 5.26 Å². The average molecular weight is 313 g/mol. The predicted octanol–water partition coefficient (Wildman–Crippen LogP) is 3.47. The topological polar surface area (TPSA) is 71.9 Å². The van der Waals surface area contributed by atoms with Crippen molar-refractivity contribution in [3.8, 4) is 23.3 Å². The number of nitriles is 1. The third kappa shape index (κ3) is 3.32. The quantitative estimate of drug-likeness (QED) is 0.737. The summed E-state index contributed by atoms with van der Waals surface area (Å²) >= 11 is 0. The van der Waals surface area contributed by atoms with Crippen molar-refractivity contribution in [1.29, 1.82) is 5.26 Å². The summed E-state index contributed by atoms with van der Waals surface area (Å²) in [7, 11) is 0. The highest BCUT2D eigenvalue weighted by Crippen LogP contribution is 2.20. The van der Waals surface area contributed by atoms with Crippen molar-refractivity contribution in [2.75, 3.05) is 0 Å². The fourth-order valence-electron chi connectivity index (χ4n) is 1.84. The van der Waals surface area contributed by atoms with Gasteiger partial charge in [0.15, 0.2) is 6.61 Å². The minimum Gasteiger partial charge on any atom is -0.484 e. The molecule has 5 nitrogen and oxygen atoms in total. The van der Waals surface area contributed by atoms with Crippen molar-refractivity contribution in [2.24, 2.45) is 0 Å². The molecule has 0 aliphatic rings. The van der Waals surface area contributed by atoms with Crippen LogP contribution >= 0.6 is 0 Å². The maximum atomic E-state index is 13.4. The lowest BCUT2D eigenvalue weighted by molar-refractivity contribution is 0.263. The maximum Gasteiger partial charge on any atom is 0.254 e. The summed E-state index contributed by atoms with van der Waals surface area (Å²) in [4.78, 5) is 0. The molecule has 0 radical (unpaired) electrons. The Balaban J connectivity index is 1.69. The molecule has 0 bridgehead atoms. The van der Waals surface area contributed by atoms with Crippen molar-refractivity contribution >= 4 is 0 Å². The van der Waals surface area contributed by atoms with E-state index in [0.29, 0.717) is 5.56 Å². The van der Waals surface area contributed by atoms with Crippen LogP contribution in [0.15, 0.2) is 46.9 Å².